The number of methoxy groups -OCH3 is 1. The van der Waals surface area contributed by atoms with Gasteiger partial charge in [-0.25, -0.2) is 9.78 Å². The molecule has 0 unspecified atom stereocenters. The predicted octanol–water partition coefficient (Wildman–Crippen LogP) is 0.630. The molecule has 21 heavy (non-hydrogen) atoms. The molecule has 0 saturated heterocycles. The maximum absolute atomic E-state index is 12.4. The Hall–Kier alpha value is -2.06. The van der Waals surface area contributed by atoms with E-state index in [1.807, 2.05) is 0 Å². The molecule has 0 atom stereocenters. The van der Waals surface area contributed by atoms with E-state index < -0.39 is 17.6 Å². The Balaban J connectivity index is 2.40. The molecule has 1 N–H and O–H groups in total. The van der Waals surface area contributed by atoms with E-state index >= 15 is 0 Å². The minimum Gasteiger partial charge on any atom is -0.468 e. The number of halogens is 2. The van der Waals surface area contributed by atoms with Gasteiger partial charge in [-0.3, -0.25) is 18.7 Å². The predicted molar refractivity (Wildman–Crippen MR) is 74.7 cm³/mol. The lowest BCUT2D eigenvalue weighted by molar-refractivity contribution is -0.141. The maximum Gasteiger partial charge on any atom is 0.330 e. The molecule has 8 nitrogen and oxygen atoms in total. The lowest BCUT2D eigenvalue weighted by atomic mass is 10.3. The Morgan fingerprint density at radius 3 is 2.71 bits per heavy atom. The minimum absolute atomic E-state index is 0.0236. The number of nitrogens with zero attached hydrogens (tertiary/aromatic N) is 3. The van der Waals surface area contributed by atoms with Crippen LogP contribution in [0.2, 0.25) is 10.3 Å². The van der Waals surface area contributed by atoms with E-state index in [4.69, 9.17) is 23.2 Å². The molecule has 1 amide bonds. The molecule has 0 spiro atoms. The SMILES string of the molecule is COC(=O)Cn1c(=O)n2c3c(c(Cl)nc(Cl)c31)NC(=O)C2. The van der Waals surface area contributed by atoms with Crippen LogP contribution < -0.4 is 11.0 Å². The summed E-state index contributed by atoms with van der Waals surface area (Å²) in [5.74, 6) is -1.03. The van der Waals surface area contributed by atoms with E-state index in [-0.39, 0.29) is 34.6 Å². The number of hydrogen-bond donors (Lipinski definition) is 1. The molecule has 110 valence electrons. The number of pyridine rings is 1. The van der Waals surface area contributed by atoms with Crippen LogP contribution in [0.3, 0.4) is 0 Å². The first-order chi connectivity index (χ1) is 9.93. The molecule has 3 rings (SSSR count). The van der Waals surface area contributed by atoms with Crippen LogP contribution in [-0.2, 0) is 27.4 Å². The zero-order valence-electron chi connectivity index (χ0n) is 10.6. The third-order valence-corrected chi connectivity index (χ3v) is 3.68. The van der Waals surface area contributed by atoms with Gasteiger partial charge in [0, 0.05) is 0 Å². The molecule has 10 heteroatoms. The molecule has 0 saturated carbocycles. The van der Waals surface area contributed by atoms with Gasteiger partial charge in [0.1, 0.15) is 24.3 Å². The third kappa shape index (κ3) is 1.98. The zero-order valence-corrected chi connectivity index (χ0v) is 12.2. The molecule has 3 heterocycles. The van der Waals surface area contributed by atoms with Crippen molar-refractivity contribution in [2.75, 3.05) is 12.4 Å². The molecule has 0 bridgehead atoms. The Morgan fingerprint density at radius 2 is 2.05 bits per heavy atom. The molecule has 0 radical (unpaired) electrons. The summed E-state index contributed by atoms with van der Waals surface area (Å²) in [6.07, 6.45) is 0. The Kier molecular flexibility index (Phi) is 3.14. The highest BCUT2D eigenvalue weighted by molar-refractivity contribution is 6.39. The van der Waals surface area contributed by atoms with Crippen LogP contribution in [0.5, 0.6) is 0 Å². The summed E-state index contributed by atoms with van der Waals surface area (Å²) in [6, 6.07) is 0. The largest absolute Gasteiger partial charge is 0.468 e. The third-order valence-electron chi connectivity index (χ3n) is 3.14. The molecule has 2 aromatic rings. The van der Waals surface area contributed by atoms with E-state index in [9.17, 15) is 14.4 Å². The molecule has 1 aliphatic heterocycles. The summed E-state index contributed by atoms with van der Waals surface area (Å²) in [6.45, 7) is -0.525. The first kappa shape index (κ1) is 13.9. The number of carbonyl (C=O) groups is 2. The van der Waals surface area contributed by atoms with Crippen LogP contribution in [0.1, 0.15) is 0 Å². The number of ether oxygens (including phenoxy) is 1. The maximum atomic E-state index is 12.4. The van der Waals surface area contributed by atoms with Crippen molar-refractivity contribution in [2.45, 2.75) is 13.1 Å². The van der Waals surface area contributed by atoms with Gasteiger partial charge in [0.05, 0.1) is 12.6 Å². The van der Waals surface area contributed by atoms with Gasteiger partial charge in [-0.15, -0.1) is 0 Å². The van der Waals surface area contributed by atoms with Crippen LogP contribution in [0.25, 0.3) is 11.0 Å². The average Bonchev–Trinajstić information content (AvgIpc) is 2.70. The minimum atomic E-state index is -0.623. The number of anilines is 1. The number of nitrogens with one attached hydrogen (secondary N) is 1. The number of amides is 1. The summed E-state index contributed by atoms with van der Waals surface area (Å²) in [4.78, 5) is 39.4. The highest BCUT2D eigenvalue weighted by Crippen LogP contribution is 2.35. The van der Waals surface area contributed by atoms with Crippen LogP contribution in [-0.4, -0.2) is 33.1 Å². The number of hydrogen-bond acceptors (Lipinski definition) is 5. The normalized spacial score (nSPS) is 13.4. The van der Waals surface area contributed by atoms with Gasteiger partial charge < -0.3 is 10.1 Å². The van der Waals surface area contributed by atoms with Crippen molar-refractivity contribution in [3.63, 3.8) is 0 Å². The Bertz CT molecular complexity index is 854. The van der Waals surface area contributed by atoms with Crippen molar-refractivity contribution >= 4 is 51.8 Å². The second-order valence-corrected chi connectivity index (χ2v) is 5.06. The van der Waals surface area contributed by atoms with Crippen LogP contribution in [0, 0.1) is 0 Å². The second kappa shape index (κ2) is 4.74. The molecule has 0 aliphatic carbocycles. The lowest BCUT2D eigenvalue weighted by Crippen LogP contribution is -2.33. The average molecular weight is 331 g/mol. The van der Waals surface area contributed by atoms with Gasteiger partial charge in [-0.2, -0.15) is 0 Å². The molecule has 0 fully saturated rings. The quantitative estimate of drug-likeness (QED) is 0.643. The van der Waals surface area contributed by atoms with Crippen molar-refractivity contribution in [1.29, 1.82) is 0 Å². The summed E-state index contributed by atoms with van der Waals surface area (Å²) in [5.41, 5.74) is 0.213. The fourth-order valence-corrected chi connectivity index (χ4v) is 2.81. The van der Waals surface area contributed by atoms with Crippen molar-refractivity contribution in [2.24, 2.45) is 0 Å². The highest BCUT2D eigenvalue weighted by Gasteiger charge is 2.28. The Morgan fingerprint density at radius 1 is 1.33 bits per heavy atom. The van der Waals surface area contributed by atoms with Gasteiger partial charge in [0.25, 0.3) is 0 Å². The molecule has 1 aliphatic rings. The van der Waals surface area contributed by atoms with E-state index in [1.165, 1.54) is 11.7 Å². The summed E-state index contributed by atoms with van der Waals surface area (Å²) in [5, 5.41) is 2.49. The van der Waals surface area contributed by atoms with E-state index in [1.54, 1.807) is 0 Å². The number of carbonyl (C=O) groups excluding carboxylic acids is 2. The number of imidazole rings is 1. The van der Waals surface area contributed by atoms with Crippen molar-refractivity contribution in [3.8, 4) is 0 Å². The Labute approximate surface area is 127 Å². The van der Waals surface area contributed by atoms with Gasteiger partial charge >= 0.3 is 11.7 Å². The van der Waals surface area contributed by atoms with Crippen LogP contribution >= 0.6 is 23.2 Å². The highest BCUT2D eigenvalue weighted by atomic mass is 35.5. The van der Waals surface area contributed by atoms with Crippen LogP contribution in [0.4, 0.5) is 5.69 Å². The first-order valence-electron chi connectivity index (χ1n) is 5.78. The van der Waals surface area contributed by atoms with E-state index in [2.05, 4.69) is 15.0 Å². The monoisotopic (exact) mass is 330 g/mol. The van der Waals surface area contributed by atoms with E-state index in [0.29, 0.717) is 5.52 Å². The van der Waals surface area contributed by atoms with Gasteiger partial charge in [-0.1, -0.05) is 23.2 Å². The van der Waals surface area contributed by atoms with Gasteiger partial charge in [0.15, 0.2) is 10.3 Å². The smallest absolute Gasteiger partial charge is 0.330 e. The lowest BCUT2D eigenvalue weighted by Gasteiger charge is -2.15. The van der Waals surface area contributed by atoms with Crippen molar-refractivity contribution in [3.05, 3.63) is 20.8 Å². The fourth-order valence-electron chi connectivity index (χ4n) is 2.27. The zero-order chi connectivity index (χ0) is 15.3. The molecular formula is C11H8Cl2N4O4. The first-order valence-corrected chi connectivity index (χ1v) is 6.54. The van der Waals surface area contributed by atoms with Crippen molar-refractivity contribution in [1.82, 2.24) is 14.1 Å². The fraction of sp³-hybridized carbons (Fsp3) is 0.273. The standard InChI is InChI=1S/C11H8Cl2N4O4/c1-21-5(19)3-17-8-7-6(9(12)15-10(8)13)14-4(18)2-16(7)11(17)20/h2-3H2,1H3,(H,14,18). The van der Waals surface area contributed by atoms with Gasteiger partial charge in [-0.05, 0) is 0 Å². The summed E-state index contributed by atoms with van der Waals surface area (Å²) < 4.78 is 6.86. The molecular weight excluding hydrogens is 323 g/mol. The summed E-state index contributed by atoms with van der Waals surface area (Å²) in [7, 11) is 1.21. The second-order valence-electron chi connectivity index (χ2n) is 4.34. The number of aromatic nitrogens is 3. The van der Waals surface area contributed by atoms with Crippen LogP contribution in [0.15, 0.2) is 4.79 Å². The van der Waals surface area contributed by atoms with Crippen molar-refractivity contribution < 1.29 is 14.3 Å². The number of rotatable bonds is 2. The van der Waals surface area contributed by atoms with E-state index in [0.717, 1.165) is 4.57 Å². The topological polar surface area (TPSA) is 95.2 Å². The molecule has 2 aromatic heterocycles. The summed E-state index contributed by atoms with van der Waals surface area (Å²) >= 11 is 12.0. The molecule has 0 aromatic carbocycles. The number of esters is 1. The van der Waals surface area contributed by atoms with Gasteiger partial charge in [0.2, 0.25) is 5.91 Å².